The van der Waals surface area contributed by atoms with Crippen LogP contribution in [0.5, 0.6) is 0 Å². The van der Waals surface area contributed by atoms with E-state index in [4.69, 9.17) is 10.5 Å². The van der Waals surface area contributed by atoms with Crippen LogP contribution in [0.1, 0.15) is 30.4 Å². The number of ether oxygens (including phenoxy) is 1. The van der Waals surface area contributed by atoms with E-state index in [1.165, 1.54) is 0 Å². The molecule has 0 atom stereocenters. The summed E-state index contributed by atoms with van der Waals surface area (Å²) in [6, 6.07) is 0. The molecule has 1 heterocycles. The van der Waals surface area contributed by atoms with Crippen molar-refractivity contribution in [1.82, 2.24) is 0 Å². The van der Waals surface area contributed by atoms with Gasteiger partial charge in [-0.1, -0.05) is 13.8 Å². The van der Waals surface area contributed by atoms with Gasteiger partial charge in [0, 0.05) is 19.8 Å². The van der Waals surface area contributed by atoms with Gasteiger partial charge in [0.25, 0.3) is 0 Å². The van der Waals surface area contributed by atoms with Crippen LogP contribution < -0.4 is 10.6 Å². The highest BCUT2D eigenvalue weighted by molar-refractivity contribution is 7.91. The second kappa shape index (κ2) is 6.65. The zero-order chi connectivity index (χ0) is 16.4. The van der Waals surface area contributed by atoms with E-state index >= 15 is 0 Å². The predicted octanol–water partition coefficient (Wildman–Crippen LogP) is 2.00. The molecular formula is C13H22N2O4S2. The van der Waals surface area contributed by atoms with Crippen molar-refractivity contribution >= 4 is 37.8 Å². The smallest absolute Gasteiger partial charge is 0.350 e. The zero-order valence-corrected chi connectivity index (χ0v) is 14.6. The number of rotatable bonds is 6. The Morgan fingerprint density at radius 1 is 1.43 bits per heavy atom. The Kier molecular flexibility index (Phi) is 5.63. The summed E-state index contributed by atoms with van der Waals surface area (Å²) in [6.07, 6.45) is 1.09. The summed E-state index contributed by atoms with van der Waals surface area (Å²) in [4.78, 5) is 13.9. The fourth-order valence-electron chi connectivity index (χ4n) is 2.00. The molecular weight excluding hydrogens is 312 g/mol. The van der Waals surface area contributed by atoms with Crippen molar-refractivity contribution in [3.05, 3.63) is 4.88 Å². The van der Waals surface area contributed by atoms with Crippen molar-refractivity contribution in [2.75, 3.05) is 37.1 Å². The molecule has 0 aliphatic heterocycles. The van der Waals surface area contributed by atoms with Gasteiger partial charge in [0.2, 0.25) is 0 Å². The largest absolute Gasteiger partial charge is 0.462 e. The molecule has 120 valence electrons. The topological polar surface area (TPSA) is 89.7 Å². The molecule has 0 unspecified atom stereocenters. The zero-order valence-electron chi connectivity index (χ0n) is 13.0. The quantitative estimate of drug-likeness (QED) is 0.800. The van der Waals surface area contributed by atoms with Crippen LogP contribution in [-0.4, -0.2) is 40.8 Å². The first-order chi connectivity index (χ1) is 9.59. The lowest BCUT2D eigenvalue weighted by Gasteiger charge is -2.20. The fraction of sp³-hybridized carbons (Fsp3) is 0.615. The molecule has 0 saturated heterocycles. The van der Waals surface area contributed by atoms with E-state index in [1.807, 2.05) is 18.7 Å². The predicted molar refractivity (Wildman–Crippen MR) is 85.9 cm³/mol. The summed E-state index contributed by atoms with van der Waals surface area (Å²) in [5, 5.41) is 0.478. The SMILES string of the molecule is CCOC(=O)c1sc(N(C)CC(C)C)c(S(C)(=O)=O)c1N. The molecule has 6 nitrogen and oxygen atoms in total. The van der Waals surface area contributed by atoms with Gasteiger partial charge in [-0.05, 0) is 12.8 Å². The fourth-order valence-corrected chi connectivity index (χ4v) is 4.60. The number of esters is 1. The van der Waals surface area contributed by atoms with Crippen LogP contribution in [0.25, 0.3) is 0 Å². The van der Waals surface area contributed by atoms with Crippen molar-refractivity contribution in [1.29, 1.82) is 0 Å². The normalized spacial score (nSPS) is 11.7. The Labute approximate surface area is 129 Å². The van der Waals surface area contributed by atoms with Crippen molar-refractivity contribution in [3.63, 3.8) is 0 Å². The standard InChI is InChI=1S/C13H22N2O4S2/c1-6-19-13(16)10-9(14)11(21(5,17)18)12(20-10)15(4)7-8(2)3/h8H,6-7,14H2,1-5H3. The van der Waals surface area contributed by atoms with Crippen LogP contribution in [0, 0.1) is 5.92 Å². The van der Waals surface area contributed by atoms with Crippen LogP contribution in [0.3, 0.4) is 0 Å². The maximum atomic E-state index is 12.0. The maximum Gasteiger partial charge on any atom is 0.350 e. The number of carbonyl (C=O) groups excluding carboxylic acids is 1. The average molecular weight is 334 g/mol. The minimum atomic E-state index is -3.54. The Bertz CT molecular complexity index is 620. The monoisotopic (exact) mass is 334 g/mol. The van der Waals surface area contributed by atoms with Gasteiger partial charge in [0.1, 0.15) is 14.8 Å². The number of hydrogen-bond donors (Lipinski definition) is 1. The van der Waals surface area contributed by atoms with Gasteiger partial charge < -0.3 is 15.4 Å². The summed E-state index contributed by atoms with van der Waals surface area (Å²) >= 11 is 1.06. The number of nitrogens with zero attached hydrogens (tertiary/aromatic N) is 1. The van der Waals surface area contributed by atoms with E-state index in [2.05, 4.69) is 0 Å². The lowest BCUT2D eigenvalue weighted by Crippen LogP contribution is -2.23. The first-order valence-electron chi connectivity index (χ1n) is 6.60. The second-order valence-corrected chi connectivity index (χ2v) is 8.20. The number of hydrogen-bond acceptors (Lipinski definition) is 7. The first-order valence-corrected chi connectivity index (χ1v) is 9.30. The van der Waals surface area contributed by atoms with Crippen LogP contribution >= 0.6 is 11.3 Å². The lowest BCUT2D eigenvalue weighted by molar-refractivity contribution is 0.0533. The van der Waals surface area contributed by atoms with E-state index < -0.39 is 15.8 Å². The highest BCUT2D eigenvalue weighted by atomic mass is 32.2. The second-order valence-electron chi connectivity index (χ2n) is 5.25. The van der Waals surface area contributed by atoms with E-state index in [1.54, 1.807) is 14.0 Å². The van der Waals surface area contributed by atoms with Crippen LogP contribution in [0.2, 0.25) is 0 Å². The number of nitrogens with two attached hydrogens (primary N) is 1. The van der Waals surface area contributed by atoms with Gasteiger partial charge in [-0.15, -0.1) is 11.3 Å². The van der Waals surface area contributed by atoms with E-state index in [0.717, 1.165) is 17.6 Å². The molecule has 0 fully saturated rings. The molecule has 0 aliphatic rings. The minimum absolute atomic E-state index is 0.0127. The van der Waals surface area contributed by atoms with Gasteiger partial charge in [-0.25, -0.2) is 13.2 Å². The Hall–Kier alpha value is -1.28. The summed E-state index contributed by atoms with van der Waals surface area (Å²) in [7, 11) is -1.75. The van der Waals surface area contributed by atoms with Crippen LogP contribution in [0.4, 0.5) is 10.7 Å². The summed E-state index contributed by atoms with van der Waals surface area (Å²) in [6.45, 7) is 6.61. The lowest BCUT2D eigenvalue weighted by atomic mass is 10.2. The summed E-state index contributed by atoms with van der Waals surface area (Å²) < 4.78 is 28.9. The van der Waals surface area contributed by atoms with Crippen molar-refractivity contribution in [2.45, 2.75) is 25.7 Å². The molecule has 2 N–H and O–H groups in total. The molecule has 0 radical (unpaired) electrons. The third kappa shape index (κ3) is 4.10. The molecule has 0 saturated carbocycles. The number of anilines is 2. The first kappa shape index (κ1) is 17.8. The van der Waals surface area contributed by atoms with E-state index in [0.29, 0.717) is 17.5 Å². The molecule has 0 amide bonds. The molecule has 0 aliphatic carbocycles. The van der Waals surface area contributed by atoms with Gasteiger partial charge in [-0.2, -0.15) is 0 Å². The highest BCUT2D eigenvalue weighted by Crippen LogP contribution is 2.41. The highest BCUT2D eigenvalue weighted by Gasteiger charge is 2.29. The molecule has 0 spiro atoms. The Morgan fingerprint density at radius 2 is 2.00 bits per heavy atom. The van der Waals surface area contributed by atoms with Gasteiger partial charge in [-0.3, -0.25) is 0 Å². The summed E-state index contributed by atoms with van der Waals surface area (Å²) in [5.74, 6) is -0.245. The number of thiophene rings is 1. The van der Waals surface area contributed by atoms with Gasteiger partial charge in [0.15, 0.2) is 9.84 Å². The molecule has 0 bridgehead atoms. The van der Waals surface area contributed by atoms with E-state index in [9.17, 15) is 13.2 Å². The Balaban J connectivity index is 3.42. The molecule has 21 heavy (non-hydrogen) atoms. The minimum Gasteiger partial charge on any atom is -0.462 e. The van der Waals surface area contributed by atoms with Crippen molar-refractivity contribution in [2.24, 2.45) is 5.92 Å². The van der Waals surface area contributed by atoms with Gasteiger partial charge in [0.05, 0.1) is 12.3 Å². The molecule has 1 aromatic heterocycles. The number of nitrogen functional groups attached to an aromatic ring is 1. The average Bonchev–Trinajstić information content (AvgIpc) is 2.66. The Morgan fingerprint density at radius 3 is 2.43 bits per heavy atom. The number of carbonyl (C=O) groups is 1. The maximum absolute atomic E-state index is 12.0. The van der Waals surface area contributed by atoms with Crippen LogP contribution in [-0.2, 0) is 14.6 Å². The third-order valence-corrected chi connectivity index (χ3v) is 5.28. The van der Waals surface area contributed by atoms with E-state index in [-0.39, 0.29) is 22.1 Å². The van der Waals surface area contributed by atoms with Crippen molar-refractivity contribution in [3.8, 4) is 0 Å². The van der Waals surface area contributed by atoms with Gasteiger partial charge >= 0.3 is 5.97 Å². The summed E-state index contributed by atoms with van der Waals surface area (Å²) in [5.41, 5.74) is 5.87. The molecule has 0 aromatic carbocycles. The molecule has 1 rings (SSSR count). The molecule has 8 heteroatoms. The third-order valence-electron chi connectivity index (χ3n) is 2.70. The van der Waals surface area contributed by atoms with Crippen LogP contribution in [0.15, 0.2) is 4.90 Å². The van der Waals surface area contributed by atoms with Crippen molar-refractivity contribution < 1.29 is 17.9 Å². The molecule has 1 aromatic rings. The number of sulfone groups is 1.